The van der Waals surface area contributed by atoms with Crippen molar-refractivity contribution in [1.82, 2.24) is 5.32 Å². The zero-order valence-corrected chi connectivity index (χ0v) is 11.4. The molecule has 1 aromatic rings. The summed E-state index contributed by atoms with van der Waals surface area (Å²) in [6, 6.07) is 2.15. The van der Waals surface area contributed by atoms with Crippen LogP contribution in [0.4, 0.5) is 0 Å². The lowest BCUT2D eigenvalue weighted by Gasteiger charge is -2.32. The summed E-state index contributed by atoms with van der Waals surface area (Å²) in [6.45, 7) is 6.31. The Morgan fingerprint density at radius 2 is 2.33 bits per heavy atom. The monoisotopic (exact) mass is 289 g/mol. The first-order valence-corrected chi connectivity index (χ1v) is 6.94. The lowest BCUT2D eigenvalue weighted by atomic mass is 10.1. The fraction of sp³-hybridized carbons (Fsp3) is 0.636. The summed E-state index contributed by atoms with van der Waals surface area (Å²) >= 11 is 5.24. The van der Waals surface area contributed by atoms with Crippen molar-refractivity contribution in [2.24, 2.45) is 5.92 Å². The van der Waals surface area contributed by atoms with Gasteiger partial charge in [0.15, 0.2) is 0 Å². The van der Waals surface area contributed by atoms with Gasteiger partial charge in [-0.3, -0.25) is 0 Å². The number of hydrogen-bond acceptors (Lipinski definition) is 3. The summed E-state index contributed by atoms with van der Waals surface area (Å²) in [4.78, 5) is 1.31. The Morgan fingerprint density at radius 3 is 2.93 bits per heavy atom. The minimum absolute atomic E-state index is 0.224. The molecule has 4 heteroatoms. The van der Waals surface area contributed by atoms with E-state index in [4.69, 9.17) is 4.74 Å². The fourth-order valence-corrected chi connectivity index (χ4v) is 3.20. The van der Waals surface area contributed by atoms with Crippen LogP contribution in [0.15, 0.2) is 15.9 Å². The van der Waals surface area contributed by atoms with Crippen molar-refractivity contribution < 1.29 is 4.74 Å². The molecule has 1 aromatic heterocycles. The molecule has 0 aliphatic carbocycles. The smallest absolute Gasteiger partial charge is 0.105 e. The number of ether oxygens (including phenoxy) is 1. The Bertz CT molecular complexity index is 326. The van der Waals surface area contributed by atoms with E-state index in [1.807, 2.05) is 0 Å². The van der Waals surface area contributed by atoms with Gasteiger partial charge in [0.25, 0.3) is 0 Å². The SMILES string of the molecule is CC(C)C1CNCC(c2cc(Br)cs2)O1. The highest BCUT2D eigenvalue weighted by Crippen LogP contribution is 2.30. The molecule has 1 saturated heterocycles. The van der Waals surface area contributed by atoms with Crippen LogP contribution in [0.25, 0.3) is 0 Å². The molecule has 1 N–H and O–H groups in total. The highest BCUT2D eigenvalue weighted by Gasteiger charge is 2.26. The lowest BCUT2D eigenvalue weighted by Crippen LogP contribution is -2.42. The minimum Gasteiger partial charge on any atom is -0.367 e. The van der Waals surface area contributed by atoms with E-state index in [0.29, 0.717) is 12.0 Å². The van der Waals surface area contributed by atoms with E-state index in [1.54, 1.807) is 11.3 Å². The van der Waals surface area contributed by atoms with Crippen molar-refractivity contribution in [3.05, 3.63) is 20.8 Å². The third kappa shape index (κ3) is 2.81. The van der Waals surface area contributed by atoms with Crippen LogP contribution in [-0.4, -0.2) is 19.2 Å². The van der Waals surface area contributed by atoms with E-state index in [1.165, 1.54) is 4.88 Å². The Balaban J connectivity index is 2.04. The summed E-state index contributed by atoms with van der Waals surface area (Å²) in [5.74, 6) is 0.573. The lowest BCUT2D eigenvalue weighted by molar-refractivity contribution is -0.0587. The molecular formula is C11H16BrNOS. The summed E-state index contributed by atoms with van der Waals surface area (Å²) in [5, 5.41) is 5.55. The van der Waals surface area contributed by atoms with Gasteiger partial charge in [-0.2, -0.15) is 0 Å². The fourth-order valence-electron chi connectivity index (χ4n) is 1.72. The van der Waals surface area contributed by atoms with Gasteiger partial charge in [-0.05, 0) is 27.9 Å². The average Bonchev–Trinajstić information content (AvgIpc) is 2.65. The molecule has 84 valence electrons. The van der Waals surface area contributed by atoms with Gasteiger partial charge < -0.3 is 10.1 Å². The van der Waals surface area contributed by atoms with Gasteiger partial charge in [0, 0.05) is 27.8 Å². The van der Waals surface area contributed by atoms with Crippen LogP contribution >= 0.6 is 27.3 Å². The van der Waals surface area contributed by atoms with Gasteiger partial charge in [0.2, 0.25) is 0 Å². The van der Waals surface area contributed by atoms with E-state index in [2.05, 4.69) is 46.5 Å². The number of thiophene rings is 1. The standard InChI is InChI=1S/C11H16BrNOS/c1-7(2)9-4-13-5-10(14-9)11-3-8(12)6-15-11/h3,6-7,9-10,13H,4-5H2,1-2H3. The van der Waals surface area contributed by atoms with Crippen molar-refractivity contribution in [2.75, 3.05) is 13.1 Å². The van der Waals surface area contributed by atoms with Crippen molar-refractivity contribution in [2.45, 2.75) is 26.1 Å². The van der Waals surface area contributed by atoms with E-state index >= 15 is 0 Å². The van der Waals surface area contributed by atoms with Crippen molar-refractivity contribution in [3.8, 4) is 0 Å². The first-order valence-electron chi connectivity index (χ1n) is 5.27. The van der Waals surface area contributed by atoms with Gasteiger partial charge in [-0.15, -0.1) is 11.3 Å². The highest BCUT2D eigenvalue weighted by atomic mass is 79.9. The molecule has 1 aliphatic heterocycles. The van der Waals surface area contributed by atoms with Crippen LogP contribution in [0.2, 0.25) is 0 Å². The predicted molar refractivity (Wildman–Crippen MR) is 67.3 cm³/mol. The molecule has 15 heavy (non-hydrogen) atoms. The molecule has 1 aliphatic rings. The molecule has 0 bridgehead atoms. The summed E-state index contributed by atoms with van der Waals surface area (Å²) in [7, 11) is 0. The second kappa shape index (κ2) is 4.95. The van der Waals surface area contributed by atoms with Crippen LogP contribution in [0.5, 0.6) is 0 Å². The Kier molecular flexibility index (Phi) is 3.83. The quantitative estimate of drug-likeness (QED) is 0.903. The molecule has 0 saturated carbocycles. The summed E-state index contributed by atoms with van der Waals surface area (Å²) in [5.41, 5.74) is 0. The Labute approximate surface area is 103 Å². The first kappa shape index (κ1) is 11.6. The molecule has 0 radical (unpaired) electrons. The molecule has 0 amide bonds. The maximum absolute atomic E-state index is 6.07. The zero-order valence-electron chi connectivity index (χ0n) is 9.00. The number of morpholine rings is 1. The molecule has 2 unspecified atom stereocenters. The van der Waals surface area contributed by atoms with Crippen molar-refractivity contribution >= 4 is 27.3 Å². The van der Waals surface area contributed by atoms with Gasteiger partial charge in [0.05, 0.1) is 6.10 Å². The maximum Gasteiger partial charge on any atom is 0.105 e. The van der Waals surface area contributed by atoms with Crippen LogP contribution in [0, 0.1) is 5.92 Å². The summed E-state index contributed by atoms with van der Waals surface area (Å²) in [6.07, 6.45) is 0.562. The molecule has 2 atom stereocenters. The van der Waals surface area contributed by atoms with Crippen molar-refractivity contribution in [3.63, 3.8) is 0 Å². The number of nitrogens with one attached hydrogen (secondary N) is 1. The van der Waals surface area contributed by atoms with Crippen LogP contribution in [-0.2, 0) is 4.74 Å². The number of hydrogen-bond donors (Lipinski definition) is 1. The predicted octanol–water partition coefficient (Wildman–Crippen LogP) is 3.20. The molecule has 2 nitrogen and oxygen atoms in total. The summed E-state index contributed by atoms with van der Waals surface area (Å²) < 4.78 is 7.23. The van der Waals surface area contributed by atoms with Gasteiger partial charge in [-0.25, -0.2) is 0 Å². The largest absolute Gasteiger partial charge is 0.367 e. The van der Waals surface area contributed by atoms with Crippen LogP contribution in [0.1, 0.15) is 24.8 Å². The van der Waals surface area contributed by atoms with E-state index < -0.39 is 0 Å². The minimum atomic E-state index is 0.224. The molecule has 0 aromatic carbocycles. The first-order chi connectivity index (χ1) is 7.16. The second-order valence-corrected chi connectivity index (χ2v) is 6.09. The van der Waals surface area contributed by atoms with E-state index in [9.17, 15) is 0 Å². The zero-order chi connectivity index (χ0) is 10.8. The highest BCUT2D eigenvalue weighted by molar-refractivity contribution is 9.10. The van der Waals surface area contributed by atoms with Gasteiger partial charge in [-0.1, -0.05) is 13.8 Å². The molecule has 2 rings (SSSR count). The molecule has 1 fully saturated rings. The average molecular weight is 290 g/mol. The van der Waals surface area contributed by atoms with E-state index in [-0.39, 0.29) is 6.10 Å². The molecule has 0 spiro atoms. The Hall–Kier alpha value is 0.1000. The second-order valence-electron chi connectivity index (χ2n) is 4.23. The van der Waals surface area contributed by atoms with Crippen molar-refractivity contribution in [1.29, 1.82) is 0 Å². The van der Waals surface area contributed by atoms with E-state index in [0.717, 1.165) is 17.6 Å². The maximum atomic E-state index is 6.07. The number of halogens is 1. The van der Waals surface area contributed by atoms with Crippen LogP contribution < -0.4 is 5.32 Å². The number of rotatable bonds is 2. The molecule has 2 heterocycles. The molecular weight excluding hydrogens is 274 g/mol. The van der Waals surface area contributed by atoms with Gasteiger partial charge >= 0.3 is 0 Å². The third-order valence-electron chi connectivity index (χ3n) is 2.66. The normalized spacial score (nSPS) is 27.2. The van der Waals surface area contributed by atoms with Gasteiger partial charge in [0.1, 0.15) is 6.10 Å². The Morgan fingerprint density at radius 1 is 1.53 bits per heavy atom. The topological polar surface area (TPSA) is 21.3 Å². The third-order valence-corrected chi connectivity index (χ3v) is 4.45. The van der Waals surface area contributed by atoms with Crippen LogP contribution in [0.3, 0.4) is 0 Å².